The number of likely N-dealkylation sites (N-methyl/N-ethyl adjacent to an activating group) is 1. The molecule has 2 fully saturated rings. The van der Waals surface area contributed by atoms with Crippen molar-refractivity contribution in [2.75, 3.05) is 13.6 Å². The van der Waals surface area contributed by atoms with Gasteiger partial charge in [0.05, 0.1) is 11.6 Å². The smallest absolute Gasteiger partial charge is 0.336 e. The highest BCUT2D eigenvalue weighted by Crippen LogP contribution is 2.47. The fourth-order valence-corrected chi connectivity index (χ4v) is 4.96. The molecule has 0 aromatic heterocycles. The van der Waals surface area contributed by atoms with Crippen LogP contribution in [0.3, 0.4) is 0 Å². The Morgan fingerprint density at radius 2 is 1.88 bits per heavy atom. The third-order valence-corrected chi connectivity index (χ3v) is 5.93. The van der Waals surface area contributed by atoms with Gasteiger partial charge in [0.25, 0.3) is 0 Å². The highest BCUT2D eigenvalue weighted by Gasteiger charge is 2.48. The first-order chi connectivity index (χ1) is 11.9. The summed E-state index contributed by atoms with van der Waals surface area (Å²) in [5.41, 5.74) is 5.88. The van der Waals surface area contributed by atoms with E-state index >= 15 is 0 Å². The minimum absolute atomic E-state index is 0. The minimum Gasteiger partial charge on any atom is -0.478 e. The third-order valence-electron chi connectivity index (χ3n) is 5.93. The SMILES string of the molecule is CN1CC(c2c(F)cccc2C(=O)O)[C@@H](C2CCCCC2)[C@H]1C(N)=O.Cl. The zero-order chi connectivity index (χ0) is 18.1. The number of hydrogen-bond donors (Lipinski definition) is 2. The molecule has 3 rings (SSSR count). The van der Waals surface area contributed by atoms with E-state index in [4.69, 9.17) is 5.73 Å². The van der Waals surface area contributed by atoms with E-state index in [1.165, 1.54) is 24.6 Å². The molecule has 1 unspecified atom stereocenters. The lowest BCUT2D eigenvalue weighted by Crippen LogP contribution is -2.44. The molecule has 7 heteroatoms. The molecule has 1 aliphatic heterocycles. The second-order valence-electron chi connectivity index (χ2n) is 7.37. The second kappa shape index (κ2) is 8.35. The van der Waals surface area contributed by atoms with Gasteiger partial charge in [-0.15, -0.1) is 12.4 Å². The van der Waals surface area contributed by atoms with Gasteiger partial charge < -0.3 is 10.8 Å². The monoisotopic (exact) mass is 384 g/mol. The molecule has 1 saturated heterocycles. The quantitative estimate of drug-likeness (QED) is 0.835. The summed E-state index contributed by atoms with van der Waals surface area (Å²) in [6.07, 6.45) is 5.31. The molecule has 26 heavy (non-hydrogen) atoms. The number of nitrogens with zero attached hydrogens (tertiary/aromatic N) is 1. The van der Waals surface area contributed by atoms with Gasteiger partial charge in [0.15, 0.2) is 0 Å². The van der Waals surface area contributed by atoms with Gasteiger partial charge >= 0.3 is 5.97 Å². The number of likely N-dealkylation sites (tertiary alicyclic amines) is 1. The van der Waals surface area contributed by atoms with Crippen LogP contribution < -0.4 is 5.73 Å². The number of hydrogen-bond acceptors (Lipinski definition) is 3. The van der Waals surface area contributed by atoms with Crippen LogP contribution in [0.1, 0.15) is 53.9 Å². The predicted molar refractivity (Wildman–Crippen MR) is 99.0 cm³/mol. The van der Waals surface area contributed by atoms with Crippen molar-refractivity contribution in [2.24, 2.45) is 17.6 Å². The van der Waals surface area contributed by atoms with Crippen molar-refractivity contribution in [3.63, 3.8) is 0 Å². The number of amides is 1. The van der Waals surface area contributed by atoms with Gasteiger partial charge in [0.2, 0.25) is 5.91 Å². The van der Waals surface area contributed by atoms with Crippen LogP contribution in [-0.4, -0.2) is 41.5 Å². The lowest BCUT2D eigenvalue weighted by molar-refractivity contribution is -0.123. The highest BCUT2D eigenvalue weighted by molar-refractivity contribution is 5.90. The van der Waals surface area contributed by atoms with Crippen molar-refractivity contribution in [3.8, 4) is 0 Å². The van der Waals surface area contributed by atoms with Crippen LogP contribution in [0.4, 0.5) is 4.39 Å². The minimum atomic E-state index is -1.14. The second-order valence-corrected chi connectivity index (χ2v) is 7.37. The Hall–Kier alpha value is -1.66. The predicted octanol–water partition coefficient (Wildman–Crippen LogP) is 3.03. The molecule has 0 spiro atoms. The number of nitrogens with two attached hydrogens (primary N) is 1. The number of rotatable bonds is 4. The fraction of sp³-hybridized carbons (Fsp3) is 0.579. The molecule has 1 aromatic carbocycles. The molecule has 3 N–H and O–H groups in total. The number of carboxylic acids is 1. The van der Waals surface area contributed by atoms with Crippen LogP contribution in [-0.2, 0) is 4.79 Å². The van der Waals surface area contributed by atoms with E-state index in [1.54, 1.807) is 0 Å². The lowest BCUT2D eigenvalue weighted by Gasteiger charge is -2.34. The summed E-state index contributed by atoms with van der Waals surface area (Å²) in [5.74, 6) is -2.27. The summed E-state index contributed by atoms with van der Waals surface area (Å²) in [4.78, 5) is 25.6. The van der Waals surface area contributed by atoms with Crippen molar-refractivity contribution in [1.82, 2.24) is 4.90 Å². The normalized spacial score (nSPS) is 27.1. The Labute approximate surface area is 159 Å². The van der Waals surface area contributed by atoms with E-state index in [2.05, 4.69) is 0 Å². The average Bonchev–Trinajstić information content (AvgIpc) is 2.92. The van der Waals surface area contributed by atoms with Gasteiger partial charge in [0.1, 0.15) is 5.82 Å². The Balaban J connectivity index is 0.00000243. The number of carbonyl (C=O) groups excluding carboxylic acids is 1. The molecule has 0 bridgehead atoms. The van der Waals surface area contributed by atoms with E-state index in [0.29, 0.717) is 6.54 Å². The van der Waals surface area contributed by atoms with Crippen LogP contribution in [0.25, 0.3) is 0 Å². The van der Waals surface area contributed by atoms with Gasteiger partial charge in [0, 0.05) is 18.0 Å². The number of halogens is 2. The van der Waals surface area contributed by atoms with Gasteiger partial charge in [-0.3, -0.25) is 9.69 Å². The Bertz CT molecular complexity index is 679. The first kappa shape index (κ1) is 20.6. The molecule has 144 valence electrons. The van der Waals surface area contributed by atoms with E-state index in [9.17, 15) is 19.1 Å². The molecule has 1 saturated carbocycles. The molecule has 0 radical (unpaired) electrons. The van der Waals surface area contributed by atoms with Crippen LogP contribution in [0.5, 0.6) is 0 Å². The largest absolute Gasteiger partial charge is 0.478 e. The molecule has 1 aliphatic carbocycles. The van der Waals surface area contributed by atoms with Crippen molar-refractivity contribution >= 4 is 24.3 Å². The van der Waals surface area contributed by atoms with E-state index < -0.39 is 23.7 Å². The van der Waals surface area contributed by atoms with Crippen molar-refractivity contribution in [3.05, 3.63) is 35.1 Å². The van der Waals surface area contributed by atoms with Crippen molar-refractivity contribution in [2.45, 2.75) is 44.1 Å². The first-order valence-corrected chi connectivity index (χ1v) is 8.93. The summed E-state index contributed by atoms with van der Waals surface area (Å²) in [6, 6.07) is 3.68. The van der Waals surface area contributed by atoms with E-state index in [0.717, 1.165) is 25.7 Å². The molecule has 2 aliphatic rings. The van der Waals surface area contributed by atoms with Gasteiger partial charge in [-0.05, 0) is 31.0 Å². The molecule has 3 atom stereocenters. The van der Waals surface area contributed by atoms with Gasteiger partial charge in [-0.2, -0.15) is 0 Å². The average molecular weight is 385 g/mol. The number of primary amides is 1. The molecule has 1 heterocycles. The maximum atomic E-state index is 14.7. The number of carbonyl (C=O) groups is 2. The zero-order valence-electron chi connectivity index (χ0n) is 14.9. The molecule has 5 nitrogen and oxygen atoms in total. The highest BCUT2D eigenvalue weighted by atomic mass is 35.5. The summed E-state index contributed by atoms with van der Waals surface area (Å²) < 4.78 is 14.7. The van der Waals surface area contributed by atoms with Crippen molar-refractivity contribution < 1.29 is 19.1 Å². The van der Waals surface area contributed by atoms with E-state index in [-0.39, 0.29) is 41.3 Å². The van der Waals surface area contributed by atoms with Crippen molar-refractivity contribution in [1.29, 1.82) is 0 Å². The number of aromatic carboxylic acids is 1. The lowest BCUT2D eigenvalue weighted by atomic mass is 9.70. The maximum absolute atomic E-state index is 14.7. The fourth-order valence-electron chi connectivity index (χ4n) is 4.96. The Morgan fingerprint density at radius 3 is 2.46 bits per heavy atom. The van der Waals surface area contributed by atoms with Crippen LogP contribution in [0.15, 0.2) is 18.2 Å². The van der Waals surface area contributed by atoms with Crippen LogP contribution in [0.2, 0.25) is 0 Å². The first-order valence-electron chi connectivity index (χ1n) is 8.93. The van der Waals surface area contributed by atoms with Gasteiger partial charge in [-0.25, -0.2) is 9.18 Å². The Kier molecular flexibility index (Phi) is 6.64. The molecular formula is C19H26ClFN2O3. The maximum Gasteiger partial charge on any atom is 0.336 e. The molecule has 1 aromatic rings. The summed E-state index contributed by atoms with van der Waals surface area (Å²) in [6.45, 7) is 0.440. The number of benzene rings is 1. The number of carboxylic acid groups (broad SMARTS) is 1. The molecule has 1 amide bonds. The third kappa shape index (κ3) is 3.71. The molecular weight excluding hydrogens is 359 g/mol. The zero-order valence-corrected chi connectivity index (χ0v) is 15.7. The van der Waals surface area contributed by atoms with Crippen LogP contribution in [0, 0.1) is 17.7 Å². The topological polar surface area (TPSA) is 83.6 Å². The van der Waals surface area contributed by atoms with Gasteiger partial charge in [-0.1, -0.05) is 38.2 Å². The Morgan fingerprint density at radius 1 is 1.23 bits per heavy atom. The summed E-state index contributed by atoms with van der Waals surface area (Å²) in [5, 5.41) is 9.52. The van der Waals surface area contributed by atoms with Crippen LogP contribution >= 0.6 is 12.4 Å². The summed E-state index contributed by atoms with van der Waals surface area (Å²) >= 11 is 0. The van der Waals surface area contributed by atoms with E-state index in [1.807, 2.05) is 11.9 Å². The summed E-state index contributed by atoms with van der Waals surface area (Å²) in [7, 11) is 1.81. The standard InChI is InChI=1S/C19H25FN2O3.ClH/c1-22-10-13(16-12(19(24)25)8-5-9-14(16)20)15(17(22)18(21)23)11-6-3-2-4-7-11;/h5,8-9,11,13,15,17H,2-4,6-7,10H2,1H3,(H2,21,23)(H,24,25);1H/t13?,15-,17+;/m1./s1.